The molecule has 1 aromatic heterocycles. The molecule has 302 valence electrons. The lowest BCUT2D eigenvalue weighted by molar-refractivity contribution is -0.112. The number of halogens is 3. The van der Waals surface area contributed by atoms with Crippen LogP contribution in [-0.4, -0.2) is 61.1 Å². The zero-order valence-electron chi connectivity index (χ0n) is 35.0. The van der Waals surface area contributed by atoms with Crippen molar-refractivity contribution in [3.05, 3.63) is 86.8 Å². The predicted octanol–water partition coefficient (Wildman–Crippen LogP) is 12.9. The van der Waals surface area contributed by atoms with Gasteiger partial charge in [0, 0.05) is 40.2 Å². The molecule has 0 saturated carbocycles. The van der Waals surface area contributed by atoms with E-state index in [0.29, 0.717) is 39.1 Å². The van der Waals surface area contributed by atoms with Crippen molar-refractivity contribution in [2.75, 3.05) is 33.8 Å². The minimum atomic E-state index is -0.643. The molecular formula is C45H63ClF2N4O2S. The predicted molar refractivity (Wildman–Crippen MR) is 231 cm³/mol. The lowest BCUT2D eigenvalue weighted by Crippen LogP contribution is -2.32. The Hall–Kier alpha value is -3.58. The molecule has 0 bridgehead atoms. The van der Waals surface area contributed by atoms with E-state index in [9.17, 15) is 10.1 Å². The van der Waals surface area contributed by atoms with Crippen molar-refractivity contribution < 1.29 is 18.3 Å². The third-order valence-electron chi connectivity index (χ3n) is 10.3. The Morgan fingerprint density at radius 3 is 2.24 bits per heavy atom. The number of fused-ring (bicyclic) bond motifs is 1. The van der Waals surface area contributed by atoms with Crippen LogP contribution in [0.15, 0.2) is 69.9 Å². The van der Waals surface area contributed by atoms with Gasteiger partial charge in [-0.15, -0.1) is 11.3 Å². The van der Waals surface area contributed by atoms with Gasteiger partial charge in [0.2, 0.25) is 5.88 Å². The minimum absolute atomic E-state index is 0.00406. The number of nitrogens with zero attached hydrogens (tertiary/aromatic N) is 4. The lowest BCUT2D eigenvalue weighted by atomic mass is 9.89. The third kappa shape index (κ3) is 12.7. The molecular weight excluding hydrogens is 734 g/mol. The van der Waals surface area contributed by atoms with E-state index in [1.54, 1.807) is 12.2 Å². The molecule has 2 aliphatic rings. The number of nitriles is 1. The first-order chi connectivity index (χ1) is 26.1. The Bertz CT molecular complexity index is 1830. The highest BCUT2D eigenvalue weighted by molar-refractivity contribution is 7.19. The molecule has 1 aromatic carbocycles. The summed E-state index contributed by atoms with van der Waals surface area (Å²) in [5.74, 6) is -0.167. The Balaban J connectivity index is 0.000000742. The third-order valence-corrected chi connectivity index (χ3v) is 12.1. The fourth-order valence-corrected chi connectivity index (χ4v) is 8.01. The second kappa shape index (κ2) is 23.5. The normalized spacial score (nSPS) is 17.5. The number of ketones is 1. The minimum Gasteiger partial charge on any atom is -0.481 e. The molecule has 4 rings (SSSR count). The van der Waals surface area contributed by atoms with E-state index in [1.165, 1.54) is 76.1 Å². The number of ether oxygens (including phenoxy) is 1. The van der Waals surface area contributed by atoms with Gasteiger partial charge in [-0.1, -0.05) is 79.1 Å². The maximum Gasteiger partial charge on any atom is 0.209 e. The number of rotatable bonds is 14. The Kier molecular flexibility index (Phi) is 20.3. The van der Waals surface area contributed by atoms with Crippen molar-refractivity contribution in [1.82, 2.24) is 9.80 Å². The van der Waals surface area contributed by atoms with Gasteiger partial charge >= 0.3 is 0 Å². The molecule has 6 nitrogen and oxygen atoms in total. The molecule has 1 aliphatic carbocycles. The van der Waals surface area contributed by atoms with Gasteiger partial charge in [-0.2, -0.15) is 5.26 Å². The van der Waals surface area contributed by atoms with Crippen LogP contribution < -0.4 is 0 Å². The molecule has 0 N–H and O–H groups in total. The molecule has 2 heterocycles. The summed E-state index contributed by atoms with van der Waals surface area (Å²) in [4.78, 5) is 19.8. The number of thiophene rings is 1. The van der Waals surface area contributed by atoms with E-state index in [2.05, 4.69) is 55.1 Å². The molecule has 2 unspecified atom stereocenters. The van der Waals surface area contributed by atoms with Gasteiger partial charge in [0.05, 0.1) is 22.4 Å². The number of hydrogen-bond acceptors (Lipinski definition) is 7. The Labute approximate surface area is 339 Å². The Morgan fingerprint density at radius 2 is 1.76 bits per heavy atom. The van der Waals surface area contributed by atoms with E-state index in [1.807, 2.05) is 34.7 Å². The largest absolute Gasteiger partial charge is 0.481 e. The fourth-order valence-electron chi connectivity index (χ4n) is 6.53. The van der Waals surface area contributed by atoms with Crippen LogP contribution in [0.1, 0.15) is 129 Å². The van der Waals surface area contributed by atoms with Gasteiger partial charge in [0.25, 0.3) is 0 Å². The number of carbonyl (C=O) groups excluding carboxylic acids is 1. The fraction of sp³-hybridized carbons (Fsp3) is 0.533. The highest BCUT2D eigenvalue weighted by Crippen LogP contribution is 2.46. The highest BCUT2D eigenvalue weighted by Gasteiger charge is 2.32. The van der Waals surface area contributed by atoms with Crippen LogP contribution in [0, 0.1) is 23.1 Å². The summed E-state index contributed by atoms with van der Waals surface area (Å²) >= 11 is 8.16. The highest BCUT2D eigenvalue weighted by atomic mass is 35.5. The van der Waals surface area contributed by atoms with Gasteiger partial charge in [-0.25, -0.2) is 13.8 Å². The summed E-state index contributed by atoms with van der Waals surface area (Å²) in [5.41, 5.74) is 2.30. The summed E-state index contributed by atoms with van der Waals surface area (Å²) in [5, 5.41) is 10.7. The van der Waals surface area contributed by atoms with Gasteiger partial charge < -0.3 is 14.5 Å². The van der Waals surface area contributed by atoms with Gasteiger partial charge in [-0.05, 0) is 114 Å². The summed E-state index contributed by atoms with van der Waals surface area (Å²) in [6.45, 7) is 25.3. The average molecular weight is 798 g/mol. The van der Waals surface area contributed by atoms with E-state index in [0.717, 1.165) is 36.3 Å². The van der Waals surface area contributed by atoms with Crippen LogP contribution in [0.5, 0.6) is 0 Å². The van der Waals surface area contributed by atoms with Crippen LogP contribution in [0.3, 0.4) is 0 Å². The number of likely N-dealkylation sites (tertiary alicyclic amines) is 1. The maximum atomic E-state index is 17.0. The summed E-state index contributed by atoms with van der Waals surface area (Å²) in [7, 11) is 3.54. The smallest absolute Gasteiger partial charge is 0.209 e. The van der Waals surface area contributed by atoms with Crippen molar-refractivity contribution >= 4 is 50.1 Å². The quantitative estimate of drug-likeness (QED) is 0.141. The molecule has 1 fully saturated rings. The van der Waals surface area contributed by atoms with Crippen LogP contribution in [0.25, 0.3) is 15.7 Å². The van der Waals surface area contributed by atoms with Gasteiger partial charge in [0.1, 0.15) is 17.6 Å². The molecule has 10 heteroatoms. The number of hydrogen-bond donors (Lipinski definition) is 0. The molecule has 55 heavy (non-hydrogen) atoms. The first-order valence-corrected chi connectivity index (χ1v) is 20.9. The van der Waals surface area contributed by atoms with Crippen LogP contribution in [-0.2, 0) is 9.53 Å². The SMILES string of the molecule is C=CC(C)=O.CC/C=C(/N=C1/C(F)=C(c2ccc(F)c3sc(C(C)C)c(C#N)c23)C(Cl)=C/C1=C(/C)N(C)C(CC)CCC(C)CC)OC.CCN1CCCC1. The summed E-state index contributed by atoms with van der Waals surface area (Å²) in [6.07, 6.45) is 12.5. The van der Waals surface area contributed by atoms with Crippen molar-refractivity contribution in [2.24, 2.45) is 10.9 Å². The van der Waals surface area contributed by atoms with Crippen molar-refractivity contribution in [1.29, 1.82) is 5.26 Å². The number of benzene rings is 1. The molecule has 1 saturated heterocycles. The molecule has 2 aromatic rings. The number of carbonyl (C=O) groups is 1. The van der Waals surface area contributed by atoms with E-state index in [4.69, 9.17) is 16.3 Å². The Morgan fingerprint density at radius 1 is 1.13 bits per heavy atom. The van der Waals surface area contributed by atoms with Crippen LogP contribution in [0.4, 0.5) is 8.78 Å². The topological polar surface area (TPSA) is 68.9 Å². The molecule has 0 amide bonds. The van der Waals surface area contributed by atoms with Crippen molar-refractivity contribution in [3.8, 4) is 6.07 Å². The first kappa shape index (κ1) is 47.6. The molecule has 2 atom stereocenters. The average Bonchev–Trinajstić information content (AvgIpc) is 3.85. The van der Waals surface area contributed by atoms with E-state index < -0.39 is 11.6 Å². The number of aliphatic imine (C=N–C) groups is 1. The maximum absolute atomic E-state index is 17.0. The molecule has 0 spiro atoms. The lowest BCUT2D eigenvalue weighted by Gasteiger charge is -2.33. The van der Waals surface area contributed by atoms with Crippen molar-refractivity contribution in [2.45, 2.75) is 119 Å². The molecule has 1 aliphatic heterocycles. The number of allylic oxidation sites excluding steroid dienone is 8. The monoisotopic (exact) mass is 796 g/mol. The van der Waals surface area contributed by atoms with E-state index >= 15 is 8.78 Å². The van der Waals surface area contributed by atoms with Gasteiger partial charge in [-0.3, -0.25) is 4.79 Å². The van der Waals surface area contributed by atoms with Crippen LogP contribution in [0.2, 0.25) is 0 Å². The standard InChI is InChI=1S/C35H44ClF2N3OS.C6H13N.C4H6O/c1-10-13-29(42-9)40-33-25(22(7)41(8)23(12-3)15-14-21(6)11-2)18-27(36)31(32(33)38)24-16-17-28(37)35-30(24)26(19-39)34(43-35)20(4)5;1-2-7-5-3-4-6-7;1-3-4(2)5/h13,16-18,20-21,23H,10-12,14-15H2,1-9H3;2-6H2,1H3;3H,1H2,2H3/b25-22+,29-13-,40-33+;;. The zero-order valence-corrected chi connectivity index (χ0v) is 36.6. The summed E-state index contributed by atoms with van der Waals surface area (Å²) in [6, 6.07) is 5.33. The van der Waals surface area contributed by atoms with Crippen molar-refractivity contribution in [3.63, 3.8) is 0 Å². The van der Waals surface area contributed by atoms with Gasteiger partial charge in [0.15, 0.2) is 11.6 Å². The first-order valence-electron chi connectivity index (χ1n) is 19.7. The number of methoxy groups -OCH3 is 1. The van der Waals surface area contributed by atoms with Crippen LogP contribution >= 0.6 is 22.9 Å². The van der Waals surface area contributed by atoms with E-state index in [-0.39, 0.29) is 39.9 Å². The molecule has 0 radical (unpaired) electrons. The second-order valence-corrected chi connectivity index (χ2v) is 15.9. The zero-order chi connectivity index (χ0) is 41.4. The summed E-state index contributed by atoms with van der Waals surface area (Å²) < 4.78 is 37.9. The second-order valence-electron chi connectivity index (χ2n) is 14.4.